The average Bonchev–Trinajstić information content (AvgIpc) is 3.54. The number of para-hydroxylation sites is 2. The molecule has 0 bridgehead atoms. The Kier molecular flexibility index (Phi) is 5.49. The van der Waals surface area contributed by atoms with E-state index in [2.05, 4.69) is 16.7 Å². The molecule has 36 heavy (non-hydrogen) atoms. The van der Waals surface area contributed by atoms with Crippen LogP contribution in [0.25, 0.3) is 10.9 Å². The number of ether oxygens (including phenoxy) is 1. The monoisotopic (exact) mass is 481 g/mol. The summed E-state index contributed by atoms with van der Waals surface area (Å²) >= 11 is 0. The van der Waals surface area contributed by atoms with Crippen molar-refractivity contribution in [3.63, 3.8) is 0 Å². The molecule has 0 radical (unpaired) electrons. The Morgan fingerprint density at radius 1 is 0.861 bits per heavy atom. The van der Waals surface area contributed by atoms with E-state index in [9.17, 15) is 9.59 Å². The zero-order chi connectivity index (χ0) is 24.8. The zero-order valence-corrected chi connectivity index (χ0v) is 20.2. The van der Waals surface area contributed by atoms with Crippen molar-refractivity contribution in [1.29, 1.82) is 0 Å². The first-order chi connectivity index (χ1) is 17.6. The summed E-state index contributed by atoms with van der Waals surface area (Å²) < 4.78 is 7.71. The van der Waals surface area contributed by atoms with Gasteiger partial charge in [-0.15, -0.1) is 0 Å². The Morgan fingerprint density at radius 2 is 1.58 bits per heavy atom. The second-order valence-electron chi connectivity index (χ2n) is 9.22. The van der Waals surface area contributed by atoms with Crippen molar-refractivity contribution in [1.82, 2.24) is 4.57 Å². The van der Waals surface area contributed by atoms with E-state index in [0.717, 1.165) is 28.6 Å². The van der Waals surface area contributed by atoms with Crippen LogP contribution in [0.15, 0.2) is 85.1 Å². The number of rotatable bonds is 6. The van der Waals surface area contributed by atoms with Crippen molar-refractivity contribution in [2.45, 2.75) is 25.5 Å². The number of fused-ring (bicyclic) bond motifs is 2. The van der Waals surface area contributed by atoms with Gasteiger partial charge in [0.2, 0.25) is 5.91 Å². The number of carbonyl (C=O) groups excluding carboxylic acids is 2. The SMILES string of the molecule is CCCOc1ccc(N2C(=O)[C@@H]3[C@@H](c4cn(C)c5ccccc45)N(c4ccccc4)O[C@H]3C2=O)cc1. The molecule has 7 heteroatoms. The minimum absolute atomic E-state index is 0.261. The third-order valence-corrected chi connectivity index (χ3v) is 6.94. The Balaban J connectivity index is 1.42. The molecule has 6 rings (SSSR count). The van der Waals surface area contributed by atoms with Crippen molar-refractivity contribution in [3.05, 3.63) is 90.6 Å². The smallest absolute Gasteiger partial charge is 0.266 e. The first kappa shape index (κ1) is 22.4. The standard InChI is InChI=1S/C29H27N3O4/c1-3-17-35-21-15-13-19(14-16-21)31-28(33)25-26(23-18-30(2)24-12-8-7-11-22(23)24)32(36-27(25)29(31)34)20-9-5-4-6-10-20/h4-16,18,25-27H,3,17H2,1-2H3/t25-,26-,27-/m1/s1. The molecule has 0 saturated carbocycles. The van der Waals surface area contributed by atoms with Gasteiger partial charge in [-0.3, -0.25) is 14.4 Å². The van der Waals surface area contributed by atoms with Gasteiger partial charge < -0.3 is 9.30 Å². The molecule has 1 aromatic heterocycles. The van der Waals surface area contributed by atoms with Gasteiger partial charge in [-0.1, -0.05) is 43.3 Å². The fourth-order valence-corrected chi connectivity index (χ4v) is 5.30. The van der Waals surface area contributed by atoms with Crippen LogP contribution in [-0.4, -0.2) is 29.1 Å². The van der Waals surface area contributed by atoms with E-state index in [4.69, 9.17) is 9.57 Å². The Hall–Kier alpha value is -4.10. The Labute approximate surface area is 209 Å². The Morgan fingerprint density at radius 3 is 2.33 bits per heavy atom. The maximum Gasteiger partial charge on any atom is 0.266 e. The molecule has 3 atom stereocenters. The van der Waals surface area contributed by atoms with Crippen LogP contribution in [0, 0.1) is 5.92 Å². The van der Waals surface area contributed by atoms with Crippen molar-refractivity contribution in [3.8, 4) is 5.75 Å². The van der Waals surface area contributed by atoms with Crippen LogP contribution in [0.3, 0.4) is 0 Å². The molecule has 0 aliphatic carbocycles. The van der Waals surface area contributed by atoms with Gasteiger partial charge in [-0.2, -0.15) is 0 Å². The number of hydrogen-bond acceptors (Lipinski definition) is 5. The molecule has 2 saturated heterocycles. The topological polar surface area (TPSA) is 64.0 Å². The van der Waals surface area contributed by atoms with E-state index in [0.29, 0.717) is 18.0 Å². The van der Waals surface area contributed by atoms with E-state index in [1.165, 1.54) is 4.90 Å². The molecule has 182 valence electrons. The lowest BCUT2D eigenvalue weighted by atomic mass is 9.90. The number of carbonyl (C=O) groups is 2. The zero-order valence-electron chi connectivity index (χ0n) is 20.2. The summed E-state index contributed by atoms with van der Waals surface area (Å²) in [6.07, 6.45) is 2.04. The summed E-state index contributed by atoms with van der Waals surface area (Å²) in [6, 6.07) is 24.3. The van der Waals surface area contributed by atoms with E-state index in [-0.39, 0.29) is 11.8 Å². The molecule has 7 nitrogen and oxygen atoms in total. The van der Waals surface area contributed by atoms with Crippen LogP contribution in [0.5, 0.6) is 5.75 Å². The predicted octanol–water partition coefficient (Wildman–Crippen LogP) is 5.02. The van der Waals surface area contributed by atoms with Crippen molar-refractivity contribution in [2.75, 3.05) is 16.6 Å². The van der Waals surface area contributed by atoms with E-state index >= 15 is 0 Å². The van der Waals surface area contributed by atoms with Gasteiger partial charge in [0, 0.05) is 29.7 Å². The first-order valence-electron chi connectivity index (χ1n) is 12.2. The number of hydroxylamine groups is 1. The van der Waals surface area contributed by atoms with Crippen LogP contribution in [0.4, 0.5) is 11.4 Å². The normalized spacial score (nSPS) is 21.4. The van der Waals surface area contributed by atoms with Crippen LogP contribution in [0.1, 0.15) is 24.9 Å². The van der Waals surface area contributed by atoms with Gasteiger partial charge in [0.05, 0.1) is 24.0 Å². The lowest BCUT2D eigenvalue weighted by molar-refractivity contribution is -0.126. The molecular weight excluding hydrogens is 454 g/mol. The molecule has 0 spiro atoms. The van der Waals surface area contributed by atoms with Crippen molar-refractivity contribution < 1.29 is 19.2 Å². The molecule has 4 aromatic rings. The molecule has 0 N–H and O–H groups in total. The lowest BCUT2D eigenvalue weighted by Gasteiger charge is -2.28. The molecular formula is C29H27N3O4. The third kappa shape index (κ3) is 3.46. The van der Waals surface area contributed by atoms with Gasteiger partial charge in [-0.05, 0) is 48.9 Å². The maximum atomic E-state index is 13.9. The number of aryl methyl sites for hydroxylation is 1. The highest BCUT2D eigenvalue weighted by Crippen LogP contribution is 2.49. The maximum absolute atomic E-state index is 13.9. The third-order valence-electron chi connectivity index (χ3n) is 6.94. The highest BCUT2D eigenvalue weighted by molar-refractivity contribution is 6.24. The summed E-state index contributed by atoms with van der Waals surface area (Å²) in [7, 11) is 1.99. The second-order valence-corrected chi connectivity index (χ2v) is 9.22. The van der Waals surface area contributed by atoms with E-state index < -0.39 is 18.1 Å². The Bertz CT molecular complexity index is 1430. The minimum Gasteiger partial charge on any atom is -0.494 e. The van der Waals surface area contributed by atoms with Gasteiger partial charge in [-0.25, -0.2) is 9.96 Å². The summed E-state index contributed by atoms with van der Waals surface area (Å²) in [5, 5.41) is 2.78. The number of aromatic nitrogens is 1. The predicted molar refractivity (Wildman–Crippen MR) is 138 cm³/mol. The van der Waals surface area contributed by atoms with Gasteiger partial charge in [0.1, 0.15) is 11.7 Å². The van der Waals surface area contributed by atoms with E-state index in [1.807, 2.05) is 62.6 Å². The molecule has 2 fully saturated rings. The highest BCUT2D eigenvalue weighted by atomic mass is 16.7. The molecule has 0 unspecified atom stereocenters. The summed E-state index contributed by atoms with van der Waals surface area (Å²) in [4.78, 5) is 35.1. The average molecular weight is 482 g/mol. The molecule has 3 heterocycles. The lowest BCUT2D eigenvalue weighted by Crippen LogP contribution is -2.37. The van der Waals surface area contributed by atoms with Crippen molar-refractivity contribution >= 4 is 34.1 Å². The van der Waals surface area contributed by atoms with Gasteiger partial charge in [0.15, 0.2) is 6.10 Å². The van der Waals surface area contributed by atoms with Crippen LogP contribution in [0.2, 0.25) is 0 Å². The number of amides is 2. The fourth-order valence-electron chi connectivity index (χ4n) is 5.30. The number of imide groups is 1. The number of nitrogens with zero attached hydrogens (tertiary/aromatic N) is 3. The van der Waals surface area contributed by atoms with Crippen LogP contribution >= 0.6 is 0 Å². The quantitative estimate of drug-likeness (QED) is 0.362. The van der Waals surface area contributed by atoms with Crippen LogP contribution < -0.4 is 14.7 Å². The first-order valence-corrected chi connectivity index (χ1v) is 12.2. The van der Waals surface area contributed by atoms with Gasteiger partial charge >= 0.3 is 0 Å². The van der Waals surface area contributed by atoms with E-state index in [1.54, 1.807) is 29.3 Å². The highest BCUT2D eigenvalue weighted by Gasteiger charge is 2.60. The second kappa shape index (κ2) is 8.84. The summed E-state index contributed by atoms with van der Waals surface area (Å²) in [6.45, 7) is 2.65. The molecule has 3 aromatic carbocycles. The minimum atomic E-state index is -0.905. The summed E-state index contributed by atoms with van der Waals surface area (Å²) in [5.74, 6) is -0.584. The van der Waals surface area contributed by atoms with Crippen molar-refractivity contribution in [2.24, 2.45) is 13.0 Å². The largest absolute Gasteiger partial charge is 0.494 e. The molecule has 2 amide bonds. The van der Waals surface area contributed by atoms with Gasteiger partial charge in [0.25, 0.3) is 5.91 Å². The fraction of sp³-hybridized carbons (Fsp3) is 0.241. The number of anilines is 2. The molecule has 2 aliphatic rings. The number of benzene rings is 3. The summed E-state index contributed by atoms with van der Waals surface area (Å²) in [5.41, 5.74) is 3.33. The number of hydrogen-bond donors (Lipinski definition) is 0. The molecule has 2 aliphatic heterocycles. The van der Waals surface area contributed by atoms with Crippen LogP contribution in [-0.2, 0) is 21.5 Å².